The Hall–Kier alpha value is -7.38. The van der Waals surface area contributed by atoms with Crippen LogP contribution in [0.1, 0.15) is 83.8 Å². The SMILES string of the molecule is CC(C)C[C@H](N)C(=O)N[C@@H](CCC(N)=O)C(=O)N[C@@H](Cc1ccc(O)cc1)C(=O)N[C@@H](C)C(=O)N[C@@H](CO)C(=O)N[C@@H](Cc1ccc(O)cc1)C(=O)N1CCC[C@H]1C(=O)N1CCC[C@H]1C(=O)N[C@H](C(=O)O)[C@@H](C)O. The van der Waals surface area contributed by atoms with Crippen molar-refractivity contribution in [3.63, 3.8) is 0 Å². The number of aliphatic hydroxyl groups excluding tert-OH is 2. The van der Waals surface area contributed by atoms with Crippen molar-refractivity contribution >= 4 is 59.1 Å². The Morgan fingerprint density at radius 1 is 0.635 bits per heavy atom. The highest BCUT2D eigenvalue weighted by molar-refractivity contribution is 5.98. The number of aliphatic carboxylic acids is 1. The molecule has 2 aromatic rings. The van der Waals surface area contributed by atoms with Crippen LogP contribution in [0.5, 0.6) is 11.5 Å². The molecular formula is C49H70N10O15. The van der Waals surface area contributed by atoms with Crippen LogP contribution >= 0.6 is 0 Å². The number of carbonyl (C=O) groups excluding carboxylic acids is 9. The molecule has 2 aromatic carbocycles. The molecule has 0 radical (unpaired) electrons. The number of phenols is 2. The van der Waals surface area contributed by atoms with Gasteiger partial charge in [0.2, 0.25) is 53.2 Å². The Kier molecular flexibility index (Phi) is 22.1. The van der Waals surface area contributed by atoms with E-state index in [9.17, 15) is 73.5 Å². The molecule has 406 valence electrons. The number of nitrogens with two attached hydrogens (primary N) is 2. The van der Waals surface area contributed by atoms with Crippen LogP contribution in [0.3, 0.4) is 0 Å². The number of phenolic OH excluding ortho intramolecular Hbond substituents is 2. The van der Waals surface area contributed by atoms with Gasteiger partial charge in [-0.1, -0.05) is 38.1 Å². The van der Waals surface area contributed by atoms with Gasteiger partial charge in [0.05, 0.1) is 18.8 Å². The number of nitrogens with zero attached hydrogens (tertiary/aromatic N) is 2. The monoisotopic (exact) mass is 1040 g/mol. The smallest absolute Gasteiger partial charge is 0.328 e. The quantitative estimate of drug-likeness (QED) is 0.0444. The van der Waals surface area contributed by atoms with Crippen LogP contribution in [-0.2, 0) is 60.8 Å². The molecule has 25 nitrogen and oxygen atoms in total. The molecular weight excluding hydrogens is 969 g/mol. The van der Waals surface area contributed by atoms with Crippen LogP contribution in [0.4, 0.5) is 0 Å². The van der Waals surface area contributed by atoms with E-state index in [0.717, 1.165) is 0 Å². The van der Waals surface area contributed by atoms with Gasteiger partial charge in [-0.05, 0) is 93.7 Å². The van der Waals surface area contributed by atoms with Crippen molar-refractivity contribution in [2.45, 2.75) is 146 Å². The summed E-state index contributed by atoms with van der Waals surface area (Å²) in [5.41, 5.74) is 12.3. The number of benzene rings is 2. The second-order valence-electron chi connectivity index (χ2n) is 19.1. The minimum atomic E-state index is -1.72. The van der Waals surface area contributed by atoms with Crippen molar-refractivity contribution in [3.8, 4) is 11.5 Å². The van der Waals surface area contributed by atoms with Crippen LogP contribution in [0.2, 0.25) is 0 Å². The average Bonchev–Trinajstić information content (AvgIpc) is 4.05. The summed E-state index contributed by atoms with van der Waals surface area (Å²) in [6.45, 7) is 5.31. The average molecular weight is 1040 g/mol. The molecule has 0 spiro atoms. The molecule has 0 aromatic heterocycles. The summed E-state index contributed by atoms with van der Waals surface area (Å²) in [6, 6.07) is -0.940. The van der Waals surface area contributed by atoms with Gasteiger partial charge >= 0.3 is 5.97 Å². The number of aromatic hydroxyl groups is 2. The van der Waals surface area contributed by atoms with Crippen molar-refractivity contribution in [2.75, 3.05) is 19.7 Å². The van der Waals surface area contributed by atoms with E-state index in [1.807, 2.05) is 13.8 Å². The van der Waals surface area contributed by atoms with Gasteiger partial charge in [0.25, 0.3) is 0 Å². The van der Waals surface area contributed by atoms with Crippen molar-refractivity contribution in [1.29, 1.82) is 0 Å². The van der Waals surface area contributed by atoms with Gasteiger partial charge in [-0.3, -0.25) is 43.2 Å². The maximum atomic E-state index is 14.5. The molecule has 10 atom stereocenters. The fourth-order valence-corrected chi connectivity index (χ4v) is 8.63. The van der Waals surface area contributed by atoms with Gasteiger partial charge in [0, 0.05) is 32.4 Å². The lowest BCUT2D eigenvalue weighted by Crippen LogP contribution is -2.61. The third kappa shape index (κ3) is 17.1. The molecule has 2 fully saturated rings. The summed E-state index contributed by atoms with van der Waals surface area (Å²) in [5.74, 6) is -9.06. The minimum Gasteiger partial charge on any atom is -0.508 e. The summed E-state index contributed by atoms with van der Waals surface area (Å²) in [5, 5.41) is 64.3. The predicted octanol–water partition coefficient (Wildman–Crippen LogP) is -3.11. The van der Waals surface area contributed by atoms with Gasteiger partial charge < -0.3 is 78.7 Å². The van der Waals surface area contributed by atoms with Gasteiger partial charge in [0.1, 0.15) is 53.8 Å². The predicted molar refractivity (Wildman–Crippen MR) is 263 cm³/mol. The summed E-state index contributed by atoms with van der Waals surface area (Å²) in [4.78, 5) is 136. The van der Waals surface area contributed by atoms with Crippen LogP contribution in [-0.4, -0.2) is 175 Å². The van der Waals surface area contributed by atoms with Crippen LogP contribution in [0, 0.1) is 5.92 Å². The van der Waals surface area contributed by atoms with E-state index < -0.39 is 126 Å². The largest absolute Gasteiger partial charge is 0.508 e. The molecule has 0 unspecified atom stereocenters. The summed E-state index contributed by atoms with van der Waals surface area (Å²) >= 11 is 0. The minimum absolute atomic E-state index is 0.0273. The number of amides is 9. The number of nitrogens with one attached hydrogen (secondary N) is 6. The van der Waals surface area contributed by atoms with E-state index >= 15 is 0 Å². The van der Waals surface area contributed by atoms with Crippen molar-refractivity contribution in [2.24, 2.45) is 17.4 Å². The zero-order chi connectivity index (χ0) is 55.0. The molecule has 74 heavy (non-hydrogen) atoms. The van der Waals surface area contributed by atoms with E-state index in [1.54, 1.807) is 0 Å². The number of primary amides is 1. The van der Waals surface area contributed by atoms with Gasteiger partial charge in [-0.2, -0.15) is 0 Å². The number of carbonyl (C=O) groups is 10. The summed E-state index contributed by atoms with van der Waals surface area (Å²) in [6.07, 6.45) is -1.03. The number of carboxylic acid groups (broad SMARTS) is 1. The summed E-state index contributed by atoms with van der Waals surface area (Å²) in [7, 11) is 0. The molecule has 9 amide bonds. The van der Waals surface area contributed by atoms with E-state index in [2.05, 4.69) is 31.9 Å². The highest BCUT2D eigenvalue weighted by atomic mass is 16.4. The highest BCUT2D eigenvalue weighted by Gasteiger charge is 2.45. The molecule has 4 rings (SSSR count). The Bertz CT molecular complexity index is 2330. The van der Waals surface area contributed by atoms with Gasteiger partial charge in [-0.25, -0.2) is 4.79 Å². The zero-order valence-corrected chi connectivity index (χ0v) is 41.8. The number of rotatable bonds is 26. The number of carboxylic acids is 1. The molecule has 0 saturated carbocycles. The molecule has 0 aliphatic carbocycles. The molecule has 2 heterocycles. The first-order chi connectivity index (χ1) is 34.9. The van der Waals surface area contributed by atoms with E-state index in [-0.39, 0.29) is 75.5 Å². The number of aliphatic hydroxyl groups is 2. The van der Waals surface area contributed by atoms with E-state index in [4.69, 9.17) is 11.5 Å². The Morgan fingerprint density at radius 3 is 1.65 bits per heavy atom. The standard InChI is InChI=1S/C49H70N10O15/c1-25(2)21-32(50)42(66)53-33(17-18-39(51)64)43(67)54-34(22-28-9-13-30(62)14-10-28)44(68)52-26(3)41(65)56-36(24-60)45(69)55-35(23-29-11-15-31(63)16-12-29)47(71)59-20-6-8-38(59)48(72)58-19-5-7-37(58)46(70)57-40(27(4)61)49(73)74/h9-16,25-27,32-38,40,60-63H,5-8,17-24,50H2,1-4H3,(H2,51,64)(H,52,68)(H,53,66)(H,54,67)(H,55,69)(H,56,65)(H,57,70)(H,73,74)/t26-,27+,32-,33-,34-,35-,36-,37-,38-,40-/m0/s1. The fraction of sp³-hybridized carbons (Fsp3) is 0.551. The lowest BCUT2D eigenvalue weighted by atomic mass is 10.0. The normalized spacial score (nSPS) is 18.6. The first-order valence-electron chi connectivity index (χ1n) is 24.4. The Morgan fingerprint density at radius 2 is 1.12 bits per heavy atom. The van der Waals surface area contributed by atoms with E-state index in [0.29, 0.717) is 24.0 Å². The van der Waals surface area contributed by atoms with Gasteiger partial charge in [-0.15, -0.1) is 0 Å². The van der Waals surface area contributed by atoms with Crippen LogP contribution in [0.25, 0.3) is 0 Å². The van der Waals surface area contributed by atoms with Crippen molar-refractivity contribution in [3.05, 3.63) is 59.7 Å². The number of hydrogen-bond acceptors (Lipinski definition) is 15. The van der Waals surface area contributed by atoms with Crippen LogP contribution in [0.15, 0.2) is 48.5 Å². The lowest BCUT2D eigenvalue weighted by molar-refractivity contribution is -0.149. The summed E-state index contributed by atoms with van der Waals surface area (Å²) < 4.78 is 0. The number of hydrogen-bond donors (Lipinski definition) is 13. The topological polar surface area (TPSA) is 403 Å². The first-order valence-corrected chi connectivity index (χ1v) is 24.4. The maximum Gasteiger partial charge on any atom is 0.328 e. The van der Waals surface area contributed by atoms with Crippen LogP contribution < -0.4 is 43.4 Å². The molecule has 2 saturated heterocycles. The third-order valence-electron chi connectivity index (χ3n) is 12.6. The Labute approximate surface area is 427 Å². The third-order valence-corrected chi connectivity index (χ3v) is 12.6. The zero-order valence-electron chi connectivity index (χ0n) is 41.8. The lowest BCUT2D eigenvalue weighted by Gasteiger charge is -2.33. The number of likely N-dealkylation sites (tertiary alicyclic amines) is 2. The van der Waals surface area contributed by atoms with Crippen molar-refractivity contribution < 1.29 is 73.5 Å². The van der Waals surface area contributed by atoms with Gasteiger partial charge in [0.15, 0.2) is 6.04 Å². The maximum absolute atomic E-state index is 14.5. The second kappa shape index (κ2) is 27.6. The Balaban J connectivity index is 1.51. The van der Waals surface area contributed by atoms with Crippen molar-refractivity contribution in [1.82, 2.24) is 41.7 Å². The molecule has 25 heteroatoms. The molecule has 15 N–H and O–H groups in total. The highest BCUT2D eigenvalue weighted by Crippen LogP contribution is 2.27. The fourth-order valence-electron chi connectivity index (χ4n) is 8.63. The molecule has 2 aliphatic rings. The van der Waals surface area contributed by atoms with E-state index in [1.165, 1.54) is 72.2 Å². The first kappa shape index (κ1) is 59.2. The molecule has 0 bridgehead atoms. The molecule has 2 aliphatic heterocycles. The second-order valence-corrected chi connectivity index (χ2v) is 19.1.